The summed E-state index contributed by atoms with van der Waals surface area (Å²) in [5.41, 5.74) is 0.668. The quantitative estimate of drug-likeness (QED) is 0.283. The van der Waals surface area contributed by atoms with Crippen molar-refractivity contribution in [2.24, 2.45) is 7.05 Å². The summed E-state index contributed by atoms with van der Waals surface area (Å²) < 4.78 is 70.4. The Kier molecular flexibility index (Phi) is 5.27. The van der Waals surface area contributed by atoms with Gasteiger partial charge in [-0.05, 0) is 29.8 Å². The molecule has 0 unspecified atom stereocenters. The van der Waals surface area contributed by atoms with Gasteiger partial charge in [-0.2, -0.15) is 22.8 Å². The van der Waals surface area contributed by atoms with Crippen molar-refractivity contribution in [1.29, 1.82) is 0 Å². The number of halogens is 5. The highest BCUT2D eigenvalue weighted by Gasteiger charge is 2.30. The van der Waals surface area contributed by atoms with Crippen molar-refractivity contribution < 1.29 is 22.0 Å². The Bertz CT molecular complexity index is 1620. The number of alkyl halides is 3. The smallest absolute Gasteiger partial charge is 0.328 e. The van der Waals surface area contributed by atoms with Crippen LogP contribution in [-0.4, -0.2) is 14.2 Å². The Morgan fingerprint density at radius 2 is 1.51 bits per heavy atom. The maximum Gasteiger partial charge on any atom is 0.416 e. The molecule has 0 aliphatic carbocycles. The second kappa shape index (κ2) is 8.19. The summed E-state index contributed by atoms with van der Waals surface area (Å²) in [5, 5.41) is 4.44. The summed E-state index contributed by atoms with van der Waals surface area (Å²) in [6.07, 6.45) is -4.50. The first kappa shape index (κ1) is 22.5. The van der Waals surface area contributed by atoms with Crippen LogP contribution in [0.1, 0.15) is 5.56 Å². The fourth-order valence-electron chi connectivity index (χ4n) is 4.11. The van der Waals surface area contributed by atoms with Gasteiger partial charge in [0, 0.05) is 30.3 Å². The van der Waals surface area contributed by atoms with E-state index in [1.807, 2.05) is 0 Å². The fourth-order valence-corrected chi connectivity index (χ4v) is 4.11. The monoisotopic (exact) mass is 481 g/mol. The van der Waals surface area contributed by atoms with E-state index in [4.69, 9.17) is 0 Å². The molecule has 4 nitrogen and oxygen atoms in total. The van der Waals surface area contributed by atoms with Gasteiger partial charge in [0.1, 0.15) is 23.0 Å². The van der Waals surface area contributed by atoms with Gasteiger partial charge in [-0.15, -0.1) is 0 Å². The molecule has 0 saturated heterocycles. The maximum atomic E-state index is 15.0. The lowest BCUT2D eigenvalue weighted by Crippen LogP contribution is -2.18. The first-order valence-electron chi connectivity index (χ1n) is 10.5. The molecule has 5 rings (SSSR count). The van der Waals surface area contributed by atoms with Crippen LogP contribution in [0.25, 0.3) is 39.3 Å². The molecule has 0 saturated carbocycles. The standard InChI is InChI=1S/C26H16F5N3O/c1-33-21(15-7-9-17(10-8-15)26(29,30)31)14-22(35)34-25(33)23(19-12-11-18(27)13-20(19)28)24(32-34)16-5-3-2-4-6-16/h2-14H,1H3. The molecule has 2 heterocycles. The van der Waals surface area contributed by atoms with E-state index in [0.717, 1.165) is 28.8 Å². The molecule has 0 fully saturated rings. The highest BCUT2D eigenvalue weighted by molar-refractivity contribution is 5.91. The summed E-state index contributed by atoms with van der Waals surface area (Å²) in [6.45, 7) is 0. The minimum Gasteiger partial charge on any atom is -0.328 e. The molecule has 3 aromatic carbocycles. The zero-order valence-corrected chi connectivity index (χ0v) is 18.1. The predicted molar refractivity (Wildman–Crippen MR) is 122 cm³/mol. The van der Waals surface area contributed by atoms with Crippen LogP contribution in [0, 0.1) is 11.6 Å². The van der Waals surface area contributed by atoms with E-state index >= 15 is 0 Å². The van der Waals surface area contributed by atoms with Gasteiger partial charge >= 0.3 is 6.18 Å². The van der Waals surface area contributed by atoms with Crippen molar-refractivity contribution in [2.75, 3.05) is 0 Å². The molecule has 0 bridgehead atoms. The van der Waals surface area contributed by atoms with E-state index in [-0.39, 0.29) is 16.8 Å². The summed E-state index contributed by atoms with van der Waals surface area (Å²) in [6, 6.07) is 17.5. The summed E-state index contributed by atoms with van der Waals surface area (Å²) in [5.74, 6) is -1.60. The average Bonchev–Trinajstić information content (AvgIpc) is 3.23. The summed E-state index contributed by atoms with van der Waals surface area (Å²) in [4.78, 5) is 13.1. The number of rotatable bonds is 3. The molecule has 0 spiro atoms. The van der Waals surface area contributed by atoms with Crippen molar-refractivity contribution >= 4 is 5.65 Å². The Hall–Kier alpha value is -4.27. The van der Waals surface area contributed by atoms with Crippen molar-refractivity contribution in [3.8, 4) is 33.6 Å². The fraction of sp³-hybridized carbons (Fsp3) is 0.0769. The van der Waals surface area contributed by atoms with Crippen molar-refractivity contribution in [2.45, 2.75) is 6.18 Å². The molecule has 0 atom stereocenters. The van der Waals surface area contributed by atoms with Gasteiger partial charge in [0.05, 0.1) is 16.8 Å². The molecule has 5 aromatic rings. The van der Waals surface area contributed by atoms with Gasteiger partial charge in [-0.25, -0.2) is 8.78 Å². The third-order valence-corrected chi connectivity index (χ3v) is 5.76. The van der Waals surface area contributed by atoms with Crippen LogP contribution in [0.5, 0.6) is 0 Å². The van der Waals surface area contributed by atoms with Crippen LogP contribution in [0.4, 0.5) is 22.0 Å². The van der Waals surface area contributed by atoms with Gasteiger partial charge in [0.15, 0.2) is 0 Å². The molecule has 176 valence electrons. The molecule has 0 aliphatic rings. The Labute approximate surface area is 195 Å². The molecule has 0 aliphatic heterocycles. The number of hydrogen-bond donors (Lipinski definition) is 0. The van der Waals surface area contributed by atoms with Crippen LogP contribution in [0.15, 0.2) is 83.7 Å². The highest BCUT2D eigenvalue weighted by Crippen LogP contribution is 2.37. The van der Waals surface area contributed by atoms with E-state index in [1.54, 1.807) is 41.9 Å². The zero-order valence-electron chi connectivity index (χ0n) is 18.1. The molecule has 0 radical (unpaired) electrons. The second-order valence-corrected chi connectivity index (χ2v) is 7.95. The Morgan fingerprint density at radius 3 is 2.14 bits per heavy atom. The van der Waals surface area contributed by atoms with Gasteiger partial charge in [0.2, 0.25) is 0 Å². The topological polar surface area (TPSA) is 39.3 Å². The van der Waals surface area contributed by atoms with Crippen LogP contribution in [0.2, 0.25) is 0 Å². The second-order valence-electron chi connectivity index (χ2n) is 7.95. The van der Waals surface area contributed by atoms with E-state index < -0.39 is 28.9 Å². The lowest BCUT2D eigenvalue weighted by Gasteiger charge is -2.14. The highest BCUT2D eigenvalue weighted by atomic mass is 19.4. The van der Waals surface area contributed by atoms with Gasteiger partial charge in [0.25, 0.3) is 5.56 Å². The number of aryl methyl sites for hydroxylation is 1. The largest absolute Gasteiger partial charge is 0.416 e. The van der Waals surface area contributed by atoms with Crippen molar-refractivity contribution in [1.82, 2.24) is 14.2 Å². The molecular weight excluding hydrogens is 465 g/mol. The molecule has 35 heavy (non-hydrogen) atoms. The van der Waals surface area contributed by atoms with Crippen molar-refractivity contribution in [3.63, 3.8) is 0 Å². The van der Waals surface area contributed by atoms with Gasteiger partial charge < -0.3 is 4.57 Å². The predicted octanol–water partition coefficient (Wildman–Crippen LogP) is 6.33. The van der Waals surface area contributed by atoms with E-state index in [2.05, 4.69) is 5.10 Å². The molecule has 9 heteroatoms. The minimum atomic E-state index is -4.50. The number of benzene rings is 3. The van der Waals surface area contributed by atoms with Crippen LogP contribution >= 0.6 is 0 Å². The maximum absolute atomic E-state index is 15.0. The lowest BCUT2D eigenvalue weighted by atomic mass is 10.00. The van der Waals surface area contributed by atoms with Crippen LogP contribution in [0.3, 0.4) is 0 Å². The van der Waals surface area contributed by atoms with Gasteiger partial charge in [-0.1, -0.05) is 42.5 Å². The Balaban J connectivity index is 1.84. The molecular formula is C26H16F5N3O. The van der Waals surface area contributed by atoms with E-state index in [1.165, 1.54) is 24.3 Å². The lowest BCUT2D eigenvalue weighted by molar-refractivity contribution is -0.137. The SMILES string of the molecule is Cn1c(-c2ccc(C(F)(F)F)cc2)cc(=O)n2nc(-c3ccccc3)c(-c3ccc(F)cc3F)c12. The number of hydrogen-bond acceptors (Lipinski definition) is 2. The first-order valence-corrected chi connectivity index (χ1v) is 10.5. The molecule has 2 aromatic heterocycles. The van der Waals surface area contributed by atoms with Gasteiger partial charge in [-0.3, -0.25) is 4.79 Å². The van der Waals surface area contributed by atoms with Crippen LogP contribution < -0.4 is 5.56 Å². The zero-order chi connectivity index (χ0) is 24.9. The van der Waals surface area contributed by atoms with Crippen molar-refractivity contribution in [3.05, 3.63) is 106 Å². The molecule has 0 amide bonds. The number of nitrogens with zero attached hydrogens (tertiary/aromatic N) is 3. The minimum absolute atomic E-state index is 0.0276. The number of fused-ring (bicyclic) bond motifs is 1. The van der Waals surface area contributed by atoms with Crippen LogP contribution in [-0.2, 0) is 13.2 Å². The Morgan fingerprint density at radius 1 is 0.829 bits per heavy atom. The third-order valence-electron chi connectivity index (χ3n) is 5.76. The normalized spacial score (nSPS) is 11.8. The summed E-state index contributed by atoms with van der Waals surface area (Å²) >= 11 is 0. The van der Waals surface area contributed by atoms with E-state index in [9.17, 15) is 26.7 Å². The third kappa shape index (κ3) is 3.88. The average molecular weight is 481 g/mol. The van der Waals surface area contributed by atoms with E-state index in [0.29, 0.717) is 22.5 Å². The number of aromatic nitrogens is 3. The molecule has 0 N–H and O–H groups in total. The summed E-state index contributed by atoms with van der Waals surface area (Å²) in [7, 11) is 1.60. The first-order chi connectivity index (χ1) is 16.6.